The molecule has 1 aliphatic rings. The molecule has 1 aromatic rings. The predicted molar refractivity (Wildman–Crippen MR) is 101 cm³/mol. The lowest BCUT2D eigenvalue weighted by molar-refractivity contribution is -0.120. The van der Waals surface area contributed by atoms with Gasteiger partial charge in [-0.3, -0.25) is 9.59 Å². The van der Waals surface area contributed by atoms with Crippen molar-refractivity contribution in [2.24, 2.45) is 0 Å². The van der Waals surface area contributed by atoms with Crippen LogP contribution in [-0.2, 0) is 14.8 Å². The van der Waals surface area contributed by atoms with E-state index in [9.17, 15) is 18.0 Å². The van der Waals surface area contributed by atoms with Gasteiger partial charge in [0, 0.05) is 24.7 Å². The topological polar surface area (TPSA) is 105 Å². The number of hydrogen-bond donors (Lipinski definition) is 2. The van der Waals surface area contributed by atoms with Crippen LogP contribution in [0.2, 0.25) is 0 Å². The second kappa shape index (κ2) is 9.18. The number of methoxy groups -OCH3 is 1. The Balaban J connectivity index is 2.29. The first-order chi connectivity index (χ1) is 12.8. The molecule has 2 N–H and O–H groups in total. The van der Waals surface area contributed by atoms with Crippen molar-refractivity contribution in [2.45, 2.75) is 44.0 Å². The summed E-state index contributed by atoms with van der Waals surface area (Å²) in [4.78, 5) is 23.8. The first-order valence-electron chi connectivity index (χ1n) is 9.06. The molecule has 0 bridgehead atoms. The Hall–Kier alpha value is -2.13. The Labute approximate surface area is 160 Å². The maximum atomic E-state index is 13.2. The minimum atomic E-state index is -3.80. The summed E-state index contributed by atoms with van der Waals surface area (Å²) in [6.07, 6.45) is 2.60. The highest BCUT2D eigenvalue weighted by Gasteiger charge is 2.33. The van der Waals surface area contributed by atoms with Crippen LogP contribution in [0.25, 0.3) is 0 Å². The van der Waals surface area contributed by atoms with E-state index in [1.807, 2.05) is 6.92 Å². The fourth-order valence-electron chi connectivity index (χ4n) is 3.10. The van der Waals surface area contributed by atoms with Crippen LogP contribution in [0.15, 0.2) is 23.1 Å². The molecule has 1 saturated heterocycles. The summed E-state index contributed by atoms with van der Waals surface area (Å²) in [5.74, 6) is -0.644. The van der Waals surface area contributed by atoms with Gasteiger partial charge in [0.25, 0.3) is 5.91 Å². The number of carbonyl (C=O) groups excluding carboxylic acids is 2. The molecule has 0 spiro atoms. The molecule has 8 nitrogen and oxygen atoms in total. The molecule has 0 saturated carbocycles. The van der Waals surface area contributed by atoms with Gasteiger partial charge in [-0.1, -0.05) is 6.42 Å². The van der Waals surface area contributed by atoms with Crippen molar-refractivity contribution in [1.82, 2.24) is 14.9 Å². The third-order valence-electron chi connectivity index (χ3n) is 4.54. The Bertz CT molecular complexity index is 794. The van der Waals surface area contributed by atoms with Gasteiger partial charge in [0.15, 0.2) is 0 Å². The number of sulfonamides is 1. The largest absolute Gasteiger partial charge is 0.495 e. The van der Waals surface area contributed by atoms with E-state index in [1.165, 1.54) is 29.6 Å². The summed E-state index contributed by atoms with van der Waals surface area (Å²) in [5, 5.41) is 5.07. The van der Waals surface area contributed by atoms with Gasteiger partial charge in [-0.2, -0.15) is 4.31 Å². The first kappa shape index (κ1) is 21.2. The van der Waals surface area contributed by atoms with Gasteiger partial charge < -0.3 is 15.4 Å². The van der Waals surface area contributed by atoms with E-state index in [0.29, 0.717) is 13.1 Å². The molecule has 9 heteroatoms. The SMILES string of the molecule is CCNC(=O)CNC(=O)c1ccc(OC)c(S(=O)(=O)N2CCCC[C@H]2C)c1. The molecule has 2 amide bonds. The van der Waals surface area contributed by atoms with E-state index in [-0.39, 0.29) is 34.7 Å². The number of hydrogen-bond acceptors (Lipinski definition) is 5. The van der Waals surface area contributed by atoms with Gasteiger partial charge in [-0.25, -0.2) is 8.42 Å². The smallest absolute Gasteiger partial charge is 0.251 e. The van der Waals surface area contributed by atoms with Crippen LogP contribution in [0, 0.1) is 0 Å². The van der Waals surface area contributed by atoms with E-state index >= 15 is 0 Å². The zero-order chi connectivity index (χ0) is 20.0. The molecule has 2 rings (SSSR count). The summed E-state index contributed by atoms with van der Waals surface area (Å²) >= 11 is 0. The summed E-state index contributed by atoms with van der Waals surface area (Å²) in [5.41, 5.74) is 0.156. The van der Waals surface area contributed by atoms with Gasteiger partial charge in [0.1, 0.15) is 10.6 Å². The van der Waals surface area contributed by atoms with E-state index < -0.39 is 15.9 Å². The molecule has 1 atom stereocenters. The van der Waals surface area contributed by atoms with Crippen molar-refractivity contribution >= 4 is 21.8 Å². The molecule has 1 heterocycles. The summed E-state index contributed by atoms with van der Waals surface area (Å²) in [6, 6.07) is 4.14. The van der Waals surface area contributed by atoms with E-state index in [2.05, 4.69) is 10.6 Å². The maximum Gasteiger partial charge on any atom is 0.251 e. The Morgan fingerprint density at radius 1 is 1.26 bits per heavy atom. The lowest BCUT2D eigenvalue weighted by Crippen LogP contribution is -2.42. The molecule has 0 aliphatic carbocycles. The molecular weight excluding hydrogens is 370 g/mol. The fourth-order valence-corrected chi connectivity index (χ4v) is 4.98. The van der Waals surface area contributed by atoms with Crippen LogP contribution in [0.4, 0.5) is 0 Å². The summed E-state index contributed by atoms with van der Waals surface area (Å²) in [6.45, 7) is 4.39. The molecule has 1 aromatic carbocycles. The van der Waals surface area contributed by atoms with Crippen molar-refractivity contribution in [2.75, 3.05) is 26.7 Å². The monoisotopic (exact) mass is 397 g/mol. The third-order valence-corrected chi connectivity index (χ3v) is 6.57. The summed E-state index contributed by atoms with van der Waals surface area (Å²) < 4.78 is 33.0. The number of ether oxygens (including phenoxy) is 1. The second-order valence-electron chi connectivity index (χ2n) is 6.46. The molecule has 150 valence electrons. The van der Waals surface area contributed by atoms with Crippen LogP contribution in [0.1, 0.15) is 43.5 Å². The zero-order valence-electron chi connectivity index (χ0n) is 15.9. The fraction of sp³-hybridized carbons (Fsp3) is 0.556. The molecular formula is C18H27N3O5S. The molecule has 27 heavy (non-hydrogen) atoms. The van der Waals surface area contributed by atoms with Crippen molar-refractivity contribution < 1.29 is 22.7 Å². The normalized spacial score (nSPS) is 18.0. The minimum Gasteiger partial charge on any atom is -0.495 e. The summed E-state index contributed by atoms with van der Waals surface area (Å²) in [7, 11) is -2.41. The van der Waals surface area contributed by atoms with E-state index in [4.69, 9.17) is 4.74 Å². The number of benzene rings is 1. The van der Waals surface area contributed by atoms with Crippen molar-refractivity contribution in [3.63, 3.8) is 0 Å². The number of nitrogens with one attached hydrogen (secondary N) is 2. The van der Waals surface area contributed by atoms with Gasteiger partial charge in [0.2, 0.25) is 15.9 Å². The lowest BCUT2D eigenvalue weighted by Gasteiger charge is -2.32. The van der Waals surface area contributed by atoms with Gasteiger partial charge >= 0.3 is 0 Å². The van der Waals surface area contributed by atoms with Crippen LogP contribution in [-0.4, -0.2) is 57.3 Å². The standard InChI is InChI=1S/C18H27N3O5S/c1-4-19-17(22)12-20-18(23)14-8-9-15(26-3)16(11-14)27(24,25)21-10-6-5-7-13(21)2/h8-9,11,13H,4-7,10,12H2,1-3H3,(H,19,22)(H,20,23)/t13-/m1/s1. The van der Waals surface area contributed by atoms with Crippen LogP contribution in [0.5, 0.6) is 5.75 Å². The third kappa shape index (κ3) is 4.98. The molecule has 0 unspecified atom stereocenters. The number of nitrogens with zero attached hydrogens (tertiary/aromatic N) is 1. The number of piperidine rings is 1. The van der Waals surface area contributed by atoms with Crippen molar-refractivity contribution in [3.8, 4) is 5.75 Å². The average molecular weight is 397 g/mol. The molecule has 1 fully saturated rings. The van der Waals surface area contributed by atoms with E-state index in [1.54, 1.807) is 6.92 Å². The number of likely N-dealkylation sites (N-methyl/N-ethyl adjacent to an activating group) is 1. The van der Waals surface area contributed by atoms with Gasteiger partial charge in [-0.15, -0.1) is 0 Å². The highest BCUT2D eigenvalue weighted by Crippen LogP contribution is 2.31. The van der Waals surface area contributed by atoms with Crippen LogP contribution < -0.4 is 15.4 Å². The number of carbonyl (C=O) groups is 2. The second-order valence-corrected chi connectivity index (χ2v) is 8.32. The number of amides is 2. The van der Waals surface area contributed by atoms with Crippen molar-refractivity contribution in [3.05, 3.63) is 23.8 Å². The molecule has 0 radical (unpaired) electrons. The molecule has 0 aromatic heterocycles. The van der Waals surface area contributed by atoms with Crippen LogP contribution in [0.3, 0.4) is 0 Å². The Morgan fingerprint density at radius 2 is 2.00 bits per heavy atom. The van der Waals surface area contributed by atoms with Crippen molar-refractivity contribution in [1.29, 1.82) is 0 Å². The Kier molecular flexibility index (Phi) is 7.20. The van der Waals surface area contributed by atoms with Gasteiger partial charge in [-0.05, 0) is 44.9 Å². The number of rotatable bonds is 7. The minimum absolute atomic E-state index is 0.0376. The zero-order valence-corrected chi connectivity index (χ0v) is 16.8. The highest BCUT2D eigenvalue weighted by atomic mass is 32.2. The lowest BCUT2D eigenvalue weighted by atomic mass is 10.1. The van der Waals surface area contributed by atoms with Gasteiger partial charge in [0.05, 0.1) is 13.7 Å². The highest BCUT2D eigenvalue weighted by molar-refractivity contribution is 7.89. The maximum absolute atomic E-state index is 13.2. The predicted octanol–water partition coefficient (Wildman–Crippen LogP) is 1.12. The quantitative estimate of drug-likeness (QED) is 0.717. The van der Waals surface area contributed by atoms with Crippen LogP contribution >= 0.6 is 0 Å². The first-order valence-corrected chi connectivity index (χ1v) is 10.5. The Morgan fingerprint density at radius 3 is 2.63 bits per heavy atom. The average Bonchev–Trinajstić information content (AvgIpc) is 2.66. The van der Waals surface area contributed by atoms with E-state index in [0.717, 1.165) is 19.3 Å². The molecule has 1 aliphatic heterocycles.